The van der Waals surface area contributed by atoms with E-state index < -0.39 is 11.2 Å². The summed E-state index contributed by atoms with van der Waals surface area (Å²) in [6.45, 7) is 0. The van der Waals surface area contributed by atoms with E-state index in [1.54, 1.807) is 18.2 Å². The first-order valence-corrected chi connectivity index (χ1v) is 2.57. The number of hydrogen-bond donors (Lipinski definition) is 0. The topological polar surface area (TPSA) is 40.1 Å². The molecule has 0 amide bonds. The van der Waals surface area contributed by atoms with Crippen LogP contribution in [-0.2, 0) is 0 Å². The van der Waals surface area contributed by atoms with Crippen LogP contribution in [0.1, 0.15) is 0 Å². The summed E-state index contributed by atoms with van der Waals surface area (Å²) in [5.74, 6) is -0.458. The van der Waals surface area contributed by atoms with Crippen molar-refractivity contribution < 1.29 is 24.0 Å². The van der Waals surface area contributed by atoms with E-state index in [0.29, 0.717) is 0 Å². The van der Waals surface area contributed by atoms with Crippen molar-refractivity contribution in [2.24, 2.45) is 0 Å². The molecule has 0 aliphatic rings. The molecule has 0 radical (unpaired) electrons. The van der Waals surface area contributed by atoms with Gasteiger partial charge in [0.25, 0.3) is 0 Å². The molecule has 1 aromatic rings. The molecule has 0 saturated heterocycles. The molecular weight excluding hydrogens is 123 g/mol. The fourth-order valence-electron chi connectivity index (χ4n) is 0.514. The minimum Gasteiger partial charge on any atom is -0.870 e. The van der Waals surface area contributed by atoms with Gasteiger partial charge in [-0.2, -0.15) is 0 Å². The third-order valence-corrected chi connectivity index (χ3v) is 0.960. The molecule has 10 heavy (non-hydrogen) atoms. The second-order valence-electron chi connectivity index (χ2n) is 1.64. The first-order valence-electron chi connectivity index (χ1n) is 2.57. The minimum absolute atomic E-state index is 0. The monoisotopic (exact) mass is 128 g/mol. The maximum Gasteiger partial charge on any atom is 1.00 e. The van der Waals surface area contributed by atoms with Crippen LogP contribution >= 0.6 is 0 Å². The summed E-state index contributed by atoms with van der Waals surface area (Å²) in [4.78, 5) is 10.5. The molecule has 2 nitrogen and oxygen atoms in total. The van der Waals surface area contributed by atoms with Gasteiger partial charge in [-0.15, -0.1) is 0 Å². The Balaban J connectivity index is 0.000000810. The summed E-state index contributed by atoms with van der Waals surface area (Å²) in [7, 11) is 0. The van der Waals surface area contributed by atoms with E-state index in [0.717, 1.165) is 0 Å². The van der Waals surface area contributed by atoms with Gasteiger partial charge >= 0.3 is 18.9 Å². The Morgan fingerprint density at radius 3 is 2.40 bits per heavy atom. The van der Waals surface area contributed by atoms with E-state index in [9.17, 15) is 9.90 Å². The van der Waals surface area contributed by atoms with Gasteiger partial charge in [0.2, 0.25) is 0 Å². The molecule has 1 aromatic carbocycles. The van der Waals surface area contributed by atoms with Crippen molar-refractivity contribution >= 4 is 0 Å². The van der Waals surface area contributed by atoms with Gasteiger partial charge in [0.15, 0.2) is 5.43 Å². The van der Waals surface area contributed by atoms with Crippen LogP contribution in [0, 0.1) is 0 Å². The molecule has 0 N–H and O–H groups in total. The van der Waals surface area contributed by atoms with Crippen LogP contribution in [0.15, 0.2) is 35.1 Å². The molecule has 0 aliphatic carbocycles. The summed E-state index contributed by atoms with van der Waals surface area (Å²) in [5, 5.41) is 10.5. The molecule has 0 aromatic heterocycles. The summed E-state index contributed by atoms with van der Waals surface area (Å²) < 4.78 is 0. The fraction of sp³-hybridized carbons (Fsp3) is 0. The van der Waals surface area contributed by atoms with Gasteiger partial charge < -0.3 is 5.11 Å². The van der Waals surface area contributed by atoms with Crippen molar-refractivity contribution in [3.05, 3.63) is 40.6 Å². The Morgan fingerprint density at radius 2 is 1.70 bits per heavy atom. The van der Waals surface area contributed by atoms with E-state index in [1.165, 1.54) is 12.1 Å². The Hall–Kier alpha value is -0.713. The summed E-state index contributed by atoms with van der Waals surface area (Å²) in [6.07, 6.45) is 0. The summed E-state index contributed by atoms with van der Waals surface area (Å²) >= 11 is 0. The van der Waals surface area contributed by atoms with Gasteiger partial charge in [-0.05, 0) is 6.07 Å². The van der Waals surface area contributed by atoms with Crippen LogP contribution < -0.4 is 29.4 Å². The molecule has 0 saturated carbocycles. The molecule has 0 unspecified atom stereocenters. The van der Waals surface area contributed by atoms with Crippen LogP contribution in [-0.4, -0.2) is 0 Å². The molecule has 46 valence electrons. The predicted octanol–water partition coefficient (Wildman–Crippen LogP) is -2.88. The Kier molecular flexibility index (Phi) is 3.86. The third kappa shape index (κ3) is 2.26. The minimum atomic E-state index is -0.458. The molecule has 0 bridgehead atoms. The van der Waals surface area contributed by atoms with Gasteiger partial charge in [0.05, 0.1) is 0 Å². The van der Waals surface area contributed by atoms with E-state index in [-0.39, 0.29) is 18.9 Å². The van der Waals surface area contributed by atoms with Crippen molar-refractivity contribution in [3.8, 4) is 5.75 Å². The Bertz CT molecular complexity index is 259. The molecule has 0 spiro atoms. The zero-order chi connectivity index (χ0) is 6.69. The van der Waals surface area contributed by atoms with Crippen LogP contribution in [0.5, 0.6) is 5.75 Å². The molecule has 0 fully saturated rings. The Labute approximate surface area is 70.7 Å². The van der Waals surface area contributed by atoms with Crippen molar-refractivity contribution in [1.29, 1.82) is 0 Å². The SMILES string of the molecule is O=c1cccccc1[O-].[Li+]. The standard InChI is InChI=1S/C7H6O2.Li/c8-6-4-2-1-3-5-7(6)9;/h1-5H,(H,8,9);/q;+1/p-1. The zero-order valence-electron chi connectivity index (χ0n) is 5.70. The zero-order valence-corrected chi connectivity index (χ0v) is 5.70. The van der Waals surface area contributed by atoms with Gasteiger partial charge in [-0.1, -0.05) is 30.0 Å². The molecule has 0 heterocycles. The normalized spacial score (nSPS) is 8.00. The smallest absolute Gasteiger partial charge is 0.870 e. The number of hydrogen-bond acceptors (Lipinski definition) is 2. The molecular formula is C7H5LiO2. The second kappa shape index (κ2) is 4.16. The van der Waals surface area contributed by atoms with E-state index >= 15 is 0 Å². The van der Waals surface area contributed by atoms with Crippen LogP contribution in [0.2, 0.25) is 0 Å². The van der Waals surface area contributed by atoms with Gasteiger partial charge in [-0.25, -0.2) is 0 Å². The average molecular weight is 128 g/mol. The van der Waals surface area contributed by atoms with Crippen molar-refractivity contribution in [3.63, 3.8) is 0 Å². The maximum atomic E-state index is 10.5. The fourth-order valence-corrected chi connectivity index (χ4v) is 0.514. The van der Waals surface area contributed by atoms with Crippen LogP contribution in [0.25, 0.3) is 0 Å². The maximum absolute atomic E-state index is 10.5. The van der Waals surface area contributed by atoms with E-state index in [1.807, 2.05) is 0 Å². The second-order valence-corrected chi connectivity index (χ2v) is 1.64. The third-order valence-electron chi connectivity index (χ3n) is 0.960. The largest absolute Gasteiger partial charge is 1.00 e. The van der Waals surface area contributed by atoms with Gasteiger partial charge in [0, 0.05) is 0 Å². The molecule has 3 heteroatoms. The van der Waals surface area contributed by atoms with Crippen molar-refractivity contribution in [2.75, 3.05) is 0 Å². The molecule has 0 aliphatic heterocycles. The molecule has 0 atom stereocenters. The predicted molar refractivity (Wildman–Crippen MR) is 32.2 cm³/mol. The van der Waals surface area contributed by atoms with Gasteiger partial charge in [-0.3, -0.25) is 4.79 Å². The number of rotatable bonds is 0. The van der Waals surface area contributed by atoms with Crippen molar-refractivity contribution in [1.82, 2.24) is 0 Å². The van der Waals surface area contributed by atoms with E-state index in [4.69, 9.17) is 0 Å². The first-order chi connectivity index (χ1) is 4.30. The quantitative estimate of drug-likeness (QED) is 0.352. The van der Waals surface area contributed by atoms with Crippen molar-refractivity contribution in [2.45, 2.75) is 0 Å². The van der Waals surface area contributed by atoms with E-state index in [2.05, 4.69) is 0 Å². The van der Waals surface area contributed by atoms with Crippen LogP contribution in [0.3, 0.4) is 0 Å². The first kappa shape index (κ1) is 9.29. The molecule has 1 rings (SSSR count). The van der Waals surface area contributed by atoms with Gasteiger partial charge in [0.1, 0.15) is 0 Å². The average Bonchev–Trinajstić information content (AvgIpc) is 1.99. The summed E-state index contributed by atoms with van der Waals surface area (Å²) in [6, 6.07) is 7.24. The Morgan fingerprint density at radius 1 is 1.10 bits per heavy atom. The summed E-state index contributed by atoms with van der Waals surface area (Å²) in [5.41, 5.74) is -0.458. The van der Waals surface area contributed by atoms with Crippen LogP contribution in [0.4, 0.5) is 0 Å².